The summed E-state index contributed by atoms with van der Waals surface area (Å²) < 4.78 is 17.6. The SMILES string of the molecule is C=C(CCN1CCOCC1)OC(CCCCCC(C)C)CCCCCC(C)(C)C(=O)OCCCCCCCCCC. The number of rotatable bonds is 27. The van der Waals surface area contributed by atoms with Crippen molar-refractivity contribution in [3.63, 3.8) is 0 Å². The highest BCUT2D eigenvalue weighted by molar-refractivity contribution is 5.75. The Hall–Kier alpha value is -1.07. The minimum Gasteiger partial charge on any atom is -0.495 e. The smallest absolute Gasteiger partial charge is 0.311 e. The highest BCUT2D eigenvalue weighted by Gasteiger charge is 2.28. The summed E-state index contributed by atoms with van der Waals surface area (Å²) in [5, 5.41) is 0. The molecule has 0 bridgehead atoms. The van der Waals surface area contributed by atoms with Crippen molar-refractivity contribution < 1.29 is 19.0 Å². The average molecular weight is 580 g/mol. The highest BCUT2D eigenvalue weighted by Crippen LogP contribution is 2.27. The van der Waals surface area contributed by atoms with Crippen molar-refractivity contribution in [2.24, 2.45) is 11.3 Å². The van der Waals surface area contributed by atoms with Crippen LogP contribution in [0.1, 0.15) is 157 Å². The van der Waals surface area contributed by atoms with E-state index in [1.54, 1.807) is 0 Å². The van der Waals surface area contributed by atoms with Gasteiger partial charge >= 0.3 is 5.97 Å². The van der Waals surface area contributed by atoms with Crippen LogP contribution in [0.25, 0.3) is 0 Å². The molecular formula is C36H69NO4. The third kappa shape index (κ3) is 21.3. The molecule has 1 unspecified atom stereocenters. The molecule has 0 spiro atoms. The van der Waals surface area contributed by atoms with Gasteiger partial charge in [-0.2, -0.15) is 0 Å². The van der Waals surface area contributed by atoms with E-state index in [2.05, 4.69) is 32.3 Å². The zero-order valence-electron chi connectivity index (χ0n) is 28.1. The van der Waals surface area contributed by atoms with Crippen molar-refractivity contribution in [1.29, 1.82) is 0 Å². The highest BCUT2D eigenvalue weighted by atomic mass is 16.5. The molecule has 0 N–H and O–H groups in total. The number of esters is 1. The van der Waals surface area contributed by atoms with Gasteiger partial charge < -0.3 is 14.2 Å². The van der Waals surface area contributed by atoms with Gasteiger partial charge in [-0.15, -0.1) is 0 Å². The van der Waals surface area contributed by atoms with E-state index in [0.717, 1.165) is 95.9 Å². The molecule has 0 amide bonds. The molecule has 41 heavy (non-hydrogen) atoms. The number of ether oxygens (including phenoxy) is 3. The quantitative estimate of drug-likeness (QED) is 0.0550. The minimum absolute atomic E-state index is 0.0281. The lowest BCUT2D eigenvalue weighted by molar-refractivity contribution is -0.154. The lowest BCUT2D eigenvalue weighted by atomic mass is 9.86. The van der Waals surface area contributed by atoms with E-state index in [0.29, 0.717) is 6.61 Å². The molecule has 0 saturated carbocycles. The van der Waals surface area contributed by atoms with Crippen LogP contribution >= 0.6 is 0 Å². The van der Waals surface area contributed by atoms with Crippen LogP contribution in [0, 0.1) is 11.3 Å². The Labute approximate surface area is 255 Å². The Bertz CT molecular complexity index is 641. The summed E-state index contributed by atoms with van der Waals surface area (Å²) >= 11 is 0. The third-order valence-corrected chi connectivity index (χ3v) is 8.56. The van der Waals surface area contributed by atoms with Gasteiger partial charge in [0.1, 0.15) is 0 Å². The molecule has 0 aromatic rings. The van der Waals surface area contributed by atoms with Crippen LogP contribution in [0.4, 0.5) is 0 Å². The van der Waals surface area contributed by atoms with Crippen LogP contribution in [0.5, 0.6) is 0 Å². The number of unbranched alkanes of at least 4 members (excludes halogenated alkanes) is 11. The summed E-state index contributed by atoms with van der Waals surface area (Å²) in [6, 6.07) is 0. The summed E-state index contributed by atoms with van der Waals surface area (Å²) in [6.45, 7) is 20.5. The molecule has 1 saturated heterocycles. The van der Waals surface area contributed by atoms with Crippen LogP contribution in [-0.4, -0.2) is 56.4 Å². The lowest BCUT2D eigenvalue weighted by Gasteiger charge is -2.27. The molecule has 0 aromatic heterocycles. The minimum atomic E-state index is -0.403. The van der Waals surface area contributed by atoms with Crippen LogP contribution < -0.4 is 0 Å². The summed E-state index contributed by atoms with van der Waals surface area (Å²) in [5.41, 5.74) is -0.403. The van der Waals surface area contributed by atoms with E-state index < -0.39 is 5.41 Å². The van der Waals surface area contributed by atoms with Gasteiger partial charge in [-0.05, 0) is 58.3 Å². The van der Waals surface area contributed by atoms with E-state index in [1.807, 2.05) is 13.8 Å². The molecule has 242 valence electrons. The lowest BCUT2D eigenvalue weighted by Crippen LogP contribution is -2.37. The predicted molar refractivity (Wildman–Crippen MR) is 174 cm³/mol. The van der Waals surface area contributed by atoms with Gasteiger partial charge in [0.15, 0.2) is 0 Å². The molecule has 5 heteroatoms. The normalized spacial score (nSPS) is 15.3. The Morgan fingerprint density at radius 2 is 1.39 bits per heavy atom. The molecule has 1 aliphatic rings. The number of carbonyl (C=O) groups excluding carboxylic acids is 1. The Morgan fingerprint density at radius 3 is 2.02 bits per heavy atom. The van der Waals surface area contributed by atoms with E-state index in [9.17, 15) is 4.79 Å². The summed E-state index contributed by atoms with van der Waals surface area (Å²) in [6.07, 6.45) is 22.8. The molecule has 1 aliphatic heterocycles. The van der Waals surface area contributed by atoms with Crippen LogP contribution in [0.3, 0.4) is 0 Å². The zero-order valence-corrected chi connectivity index (χ0v) is 28.1. The van der Waals surface area contributed by atoms with Gasteiger partial charge in [-0.25, -0.2) is 0 Å². The molecule has 1 rings (SSSR count). The standard InChI is InChI=1S/C36H69NO4/c1-7-8-9-10-11-12-13-20-29-40-35(38)36(5,6)25-19-15-18-23-34(22-17-14-16-21-32(2)3)41-33(4)24-26-37-27-30-39-31-28-37/h32,34H,4,7-31H2,1-3,5-6H3. The molecule has 5 nitrogen and oxygen atoms in total. The van der Waals surface area contributed by atoms with Crippen molar-refractivity contribution >= 4 is 5.97 Å². The van der Waals surface area contributed by atoms with Crippen LogP contribution in [0.15, 0.2) is 12.3 Å². The maximum Gasteiger partial charge on any atom is 0.311 e. The predicted octanol–water partition coefficient (Wildman–Crippen LogP) is 9.87. The summed E-state index contributed by atoms with van der Waals surface area (Å²) in [7, 11) is 0. The molecular weight excluding hydrogens is 510 g/mol. The summed E-state index contributed by atoms with van der Waals surface area (Å²) in [5.74, 6) is 1.69. The molecule has 1 fully saturated rings. The fraction of sp³-hybridized carbons (Fsp3) is 0.917. The third-order valence-electron chi connectivity index (χ3n) is 8.56. The maximum atomic E-state index is 12.7. The van der Waals surface area contributed by atoms with Crippen LogP contribution in [0.2, 0.25) is 0 Å². The van der Waals surface area contributed by atoms with Gasteiger partial charge in [-0.3, -0.25) is 9.69 Å². The van der Waals surface area contributed by atoms with Gasteiger partial charge in [0.25, 0.3) is 0 Å². The monoisotopic (exact) mass is 580 g/mol. The fourth-order valence-electron chi connectivity index (χ4n) is 5.58. The first-order valence-corrected chi connectivity index (χ1v) is 17.6. The number of hydrogen-bond acceptors (Lipinski definition) is 5. The van der Waals surface area contributed by atoms with Gasteiger partial charge in [0, 0.05) is 26.1 Å². The second-order valence-electron chi connectivity index (χ2n) is 13.6. The molecule has 1 heterocycles. The van der Waals surface area contributed by atoms with Gasteiger partial charge in [-0.1, -0.05) is 104 Å². The van der Waals surface area contributed by atoms with Crippen molar-refractivity contribution in [1.82, 2.24) is 4.90 Å². The number of carbonyl (C=O) groups is 1. The number of morpholine rings is 1. The van der Waals surface area contributed by atoms with E-state index in [-0.39, 0.29) is 12.1 Å². The van der Waals surface area contributed by atoms with Crippen molar-refractivity contribution in [3.05, 3.63) is 12.3 Å². The first-order valence-electron chi connectivity index (χ1n) is 17.6. The molecule has 0 aromatic carbocycles. The Kier molecular flexibility index (Phi) is 22.6. The van der Waals surface area contributed by atoms with Crippen molar-refractivity contribution in [2.45, 2.75) is 163 Å². The van der Waals surface area contributed by atoms with Gasteiger partial charge in [0.05, 0.1) is 37.1 Å². The molecule has 1 atom stereocenters. The first kappa shape index (κ1) is 38.0. The van der Waals surface area contributed by atoms with Crippen LogP contribution in [-0.2, 0) is 19.0 Å². The number of nitrogens with zero attached hydrogens (tertiary/aromatic N) is 1. The zero-order chi connectivity index (χ0) is 30.2. The van der Waals surface area contributed by atoms with Crippen molar-refractivity contribution in [3.8, 4) is 0 Å². The fourth-order valence-corrected chi connectivity index (χ4v) is 5.58. The number of hydrogen-bond donors (Lipinski definition) is 0. The second-order valence-corrected chi connectivity index (χ2v) is 13.6. The average Bonchev–Trinajstić information content (AvgIpc) is 2.94. The molecule has 0 radical (unpaired) electrons. The van der Waals surface area contributed by atoms with Crippen molar-refractivity contribution in [2.75, 3.05) is 39.5 Å². The Morgan fingerprint density at radius 1 is 0.829 bits per heavy atom. The van der Waals surface area contributed by atoms with E-state index in [1.165, 1.54) is 70.6 Å². The van der Waals surface area contributed by atoms with E-state index >= 15 is 0 Å². The Balaban J connectivity index is 2.28. The molecule has 0 aliphatic carbocycles. The second kappa shape index (κ2) is 24.4. The largest absolute Gasteiger partial charge is 0.495 e. The van der Waals surface area contributed by atoms with E-state index in [4.69, 9.17) is 14.2 Å². The first-order chi connectivity index (χ1) is 19.7. The summed E-state index contributed by atoms with van der Waals surface area (Å²) in [4.78, 5) is 15.1. The topological polar surface area (TPSA) is 48.0 Å². The maximum absolute atomic E-state index is 12.7. The van der Waals surface area contributed by atoms with Gasteiger partial charge in [0.2, 0.25) is 0 Å².